The summed E-state index contributed by atoms with van der Waals surface area (Å²) in [4.78, 5) is 15.0. The Morgan fingerprint density at radius 3 is 2.74 bits per heavy atom. The number of aromatic nitrogens is 3. The van der Waals surface area contributed by atoms with Gasteiger partial charge in [-0.15, -0.1) is 5.10 Å². The van der Waals surface area contributed by atoms with E-state index in [0.29, 0.717) is 23.6 Å². The van der Waals surface area contributed by atoms with Gasteiger partial charge in [0.25, 0.3) is 5.91 Å². The second-order valence-corrected chi connectivity index (χ2v) is 7.66. The Morgan fingerprint density at radius 2 is 2.00 bits per heavy atom. The third-order valence-electron chi connectivity index (χ3n) is 5.45. The lowest BCUT2D eigenvalue weighted by Crippen LogP contribution is -2.41. The fraction of sp³-hybridized carbons (Fsp3) is 0.833. The van der Waals surface area contributed by atoms with Crippen LogP contribution in [0.3, 0.4) is 0 Å². The smallest absolute Gasteiger partial charge is 0.276 e. The van der Waals surface area contributed by atoms with E-state index in [2.05, 4.69) is 29.1 Å². The number of carbonyl (C=O) groups excluding carboxylic acids is 1. The SMILES string of the molecule is CC(C)CCn1cc(C(=O)N2CCC[C@H]2C2CCCCC2)nn1. The van der Waals surface area contributed by atoms with E-state index in [1.807, 2.05) is 10.9 Å². The largest absolute Gasteiger partial charge is 0.334 e. The van der Waals surface area contributed by atoms with Crippen LogP contribution in [0.25, 0.3) is 0 Å². The molecule has 1 saturated carbocycles. The van der Waals surface area contributed by atoms with Crippen LogP contribution in [0.15, 0.2) is 6.20 Å². The van der Waals surface area contributed by atoms with Crippen LogP contribution in [0, 0.1) is 11.8 Å². The highest BCUT2D eigenvalue weighted by atomic mass is 16.2. The average molecular weight is 318 g/mol. The first-order chi connectivity index (χ1) is 11.1. The van der Waals surface area contributed by atoms with Gasteiger partial charge in [-0.2, -0.15) is 0 Å². The zero-order valence-corrected chi connectivity index (χ0v) is 14.6. The van der Waals surface area contributed by atoms with Gasteiger partial charge in [0, 0.05) is 19.1 Å². The molecule has 1 aromatic heterocycles. The molecule has 1 saturated heterocycles. The van der Waals surface area contributed by atoms with Crippen molar-refractivity contribution in [1.29, 1.82) is 0 Å². The van der Waals surface area contributed by atoms with Crippen LogP contribution in [-0.2, 0) is 6.54 Å². The van der Waals surface area contributed by atoms with Crippen molar-refractivity contribution in [2.24, 2.45) is 11.8 Å². The van der Waals surface area contributed by atoms with E-state index < -0.39 is 0 Å². The molecule has 0 unspecified atom stereocenters. The molecule has 1 aliphatic heterocycles. The van der Waals surface area contributed by atoms with Gasteiger partial charge in [-0.05, 0) is 43.9 Å². The van der Waals surface area contributed by atoms with Crippen LogP contribution in [0.2, 0.25) is 0 Å². The minimum absolute atomic E-state index is 0.0915. The fourth-order valence-electron chi connectivity index (χ4n) is 4.10. The van der Waals surface area contributed by atoms with E-state index in [4.69, 9.17) is 0 Å². The van der Waals surface area contributed by atoms with Crippen LogP contribution in [0.5, 0.6) is 0 Å². The van der Waals surface area contributed by atoms with Gasteiger partial charge >= 0.3 is 0 Å². The van der Waals surface area contributed by atoms with Crippen molar-refractivity contribution in [1.82, 2.24) is 19.9 Å². The monoisotopic (exact) mass is 318 g/mol. The number of rotatable bonds is 5. The summed E-state index contributed by atoms with van der Waals surface area (Å²) in [6.07, 6.45) is 11.8. The molecule has 2 heterocycles. The molecule has 1 amide bonds. The molecule has 2 fully saturated rings. The van der Waals surface area contributed by atoms with Crippen molar-refractivity contribution in [2.75, 3.05) is 6.54 Å². The number of carbonyl (C=O) groups is 1. The van der Waals surface area contributed by atoms with Gasteiger partial charge in [0.05, 0.1) is 6.20 Å². The maximum Gasteiger partial charge on any atom is 0.276 e. The highest BCUT2D eigenvalue weighted by Crippen LogP contribution is 2.34. The van der Waals surface area contributed by atoms with Crippen LogP contribution < -0.4 is 0 Å². The number of likely N-dealkylation sites (tertiary alicyclic amines) is 1. The van der Waals surface area contributed by atoms with Crippen molar-refractivity contribution in [3.8, 4) is 0 Å². The minimum Gasteiger partial charge on any atom is -0.334 e. The maximum atomic E-state index is 12.9. The summed E-state index contributed by atoms with van der Waals surface area (Å²) in [7, 11) is 0. The van der Waals surface area contributed by atoms with Crippen molar-refractivity contribution in [3.63, 3.8) is 0 Å². The maximum absolute atomic E-state index is 12.9. The normalized spacial score (nSPS) is 22.9. The number of aryl methyl sites for hydroxylation is 1. The molecule has 0 radical (unpaired) electrons. The van der Waals surface area contributed by atoms with Gasteiger partial charge in [-0.25, -0.2) is 0 Å². The molecule has 5 nitrogen and oxygen atoms in total. The third kappa shape index (κ3) is 3.93. The highest BCUT2D eigenvalue weighted by molar-refractivity contribution is 5.92. The van der Waals surface area contributed by atoms with Crippen LogP contribution in [0.1, 0.15) is 75.7 Å². The minimum atomic E-state index is 0.0915. The number of nitrogens with zero attached hydrogens (tertiary/aromatic N) is 4. The molecular formula is C18H30N4O. The molecule has 5 heteroatoms. The molecule has 0 spiro atoms. The quantitative estimate of drug-likeness (QED) is 0.835. The number of hydrogen-bond donors (Lipinski definition) is 0. The van der Waals surface area contributed by atoms with E-state index in [1.54, 1.807) is 0 Å². The van der Waals surface area contributed by atoms with Gasteiger partial charge in [-0.1, -0.05) is 38.3 Å². The predicted octanol–water partition coefficient (Wildman–Crippen LogP) is 3.51. The first-order valence-electron chi connectivity index (χ1n) is 9.36. The molecule has 23 heavy (non-hydrogen) atoms. The first-order valence-corrected chi connectivity index (χ1v) is 9.36. The average Bonchev–Trinajstić information content (AvgIpc) is 3.22. The van der Waals surface area contributed by atoms with Crippen molar-refractivity contribution in [2.45, 2.75) is 77.8 Å². The van der Waals surface area contributed by atoms with Crippen LogP contribution in [-0.4, -0.2) is 38.4 Å². The molecule has 0 N–H and O–H groups in total. The van der Waals surface area contributed by atoms with Crippen LogP contribution >= 0.6 is 0 Å². The van der Waals surface area contributed by atoms with E-state index in [1.165, 1.54) is 32.1 Å². The van der Waals surface area contributed by atoms with Crippen LogP contribution in [0.4, 0.5) is 0 Å². The van der Waals surface area contributed by atoms with E-state index >= 15 is 0 Å². The molecule has 1 atom stereocenters. The molecule has 2 aliphatic rings. The summed E-state index contributed by atoms with van der Waals surface area (Å²) in [5, 5.41) is 8.28. The van der Waals surface area contributed by atoms with E-state index in [0.717, 1.165) is 32.4 Å². The van der Waals surface area contributed by atoms with Gasteiger partial charge in [-0.3, -0.25) is 9.48 Å². The fourth-order valence-corrected chi connectivity index (χ4v) is 4.10. The molecule has 1 aromatic rings. The lowest BCUT2D eigenvalue weighted by molar-refractivity contribution is 0.0655. The first kappa shape index (κ1) is 16.5. The standard InChI is InChI=1S/C18H30N4O/c1-14(2)10-12-21-13-16(19-20-21)18(23)22-11-6-9-17(22)15-7-4-3-5-8-15/h13-15,17H,3-12H2,1-2H3/t17-/m0/s1. The number of hydrogen-bond acceptors (Lipinski definition) is 3. The van der Waals surface area contributed by atoms with Crippen molar-refractivity contribution < 1.29 is 4.79 Å². The lowest BCUT2D eigenvalue weighted by atomic mass is 9.83. The van der Waals surface area contributed by atoms with Crippen molar-refractivity contribution in [3.05, 3.63) is 11.9 Å². The summed E-state index contributed by atoms with van der Waals surface area (Å²) in [5.41, 5.74) is 0.525. The molecule has 0 bridgehead atoms. The summed E-state index contributed by atoms with van der Waals surface area (Å²) in [6.45, 7) is 6.12. The summed E-state index contributed by atoms with van der Waals surface area (Å²) in [5.74, 6) is 1.42. The topological polar surface area (TPSA) is 51.0 Å². The zero-order valence-electron chi connectivity index (χ0n) is 14.6. The molecule has 1 aliphatic carbocycles. The van der Waals surface area contributed by atoms with E-state index in [-0.39, 0.29) is 5.91 Å². The Balaban J connectivity index is 1.64. The summed E-state index contributed by atoms with van der Waals surface area (Å²) in [6, 6.07) is 0.434. The lowest BCUT2D eigenvalue weighted by Gasteiger charge is -2.33. The second-order valence-electron chi connectivity index (χ2n) is 7.66. The van der Waals surface area contributed by atoms with E-state index in [9.17, 15) is 4.79 Å². The van der Waals surface area contributed by atoms with Gasteiger partial charge in [0.1, 0.15) is 0 Å². The Kier molecular flexibility index (Phi) is 5.34. The third-order valence-corrected chi connectivity index (χ3v) is 5.45. The van der Waals surface area contributed by atoms with Crippen molar-refractivity contribution >= 4 is 5.91 Å². The molecule has 128 valence electrons. The Hall–Kier alpha value is -1.39. The highest BCUT2D eigenvalue weighted by Gasteiger charge is 2.36. The number of amides is 1. The second kappa shape index (κ2) is 7.45. The zero-order chi connectivity index (χ0) is 16.2. The molecule has 3 rings (SSSR count). The molecule has 0 aromatic carbocycles. The molecular weight excluding hydrogens is 288 g/mol. The Bertz CT molecular complexity index is 519. The van der Waals surface area contributed by atoms with Gasteiger partial charge in [0.15, 0.2) is 5.69 Å². The Labute approximate surface area is 139 Å². The summed E-state index contributed by atoms with van der Waals surface area (Å²) < 4.78 is 1.82. The summed E-state index contributed by atoms with van der Waals surface area (Å²) >= 11 is 0. The predicted molar refractivity (Wildman–Crippen MR) is 90.1 cm³/mol. The Morgan fingerprint density at radius 1 is 1.22 bits per heavy atom. The van der Waals surface area contributed by atoms with Gasteiger partial charge in [0.2, 0.25) is 0 Å². The van der Waals surface area contributed by atoms with Gasteiger partial charge < -0.3 is 4.90 Å².